The van der Waals surface area contributed by atoms with E-state index in [0.717, 1.165) is 44.9 Å². The molecule has 92 heavy (non-hydrogen) atoms. The average Bonchev–Trinajstić information content (AvgIpc) is 1.01. The van der Waals surface area contributed by atoms with Gasteiger partial charge in [-0.15, -0.1) is 0 Å². The summed E-state index contributed by atoms with van der Waals surface area (Å²) < 4.78 is 11.3. The Labute approximate surface area is 571 Å². The molecule has 0 radical (unpaired) electrons. The number of nitrogens with one attached hydrogen (secondary N) is 1. The number of ether oxygens (including phenoxy) is 2. The van der Waals surface area contributed by atoms with Gasteiger partial charge in [0.2, 0.25) is 5.91 Å². The Morgan fingerprint density at radius 3 is 0.913 bits per heavy atom. The lowest BCUT2D eigenvalue weighted by Crippen LogP contribution is -2.60. The molecule has 1 saturated heterocycles. The second-order valence-corrected chi connectivity index (χ2v) is 28.9. The summed E-state index contributed by atoms with van der Waals surface area (Å²) in [7, 11) is 0. The van der Waals surface area contributed by atoms with Crippen molar-refractivity contribution in [3.05, 3.63) is 36.5 Å². The molecule has 0 aliphatic carbocycles. The van der Waals surface area contributed by atoms with Crippen LogP contribution in [-0.2, 0) is 14.3 Å². The molecule has 0 aromatic heterocycles. The van der Waals surface area contributed by atoms with Gasteiger partial charge in [-0.2, -0.15) is 0 Å². The van der Waals surface area contributed by atoms with Crippen LogP contribution in [0.1, 0.15) is 431 Å². The van der Waals surface area contributed by atoms with Gasteiger partial charge in [0.1, 0.15) is 24.4 Å². The van der Waals surface area contributed by atoms with E-state index in [9.17, 15) is 30.3 Å². The lowest BCUT2D eigenvalue weighted by atomic mass is 9.99. The van der Waals surface area contributed by atoms with Gasteiger partial charge in [0.05, 0.1) is 25.4 Å². The van der Waals surface area contributed by atoms with Crippen LogP contribution in [0.5, 0.6) is 0 Å². The fourth-order valence-corrected chi connectivity index (χ4v) is 13.6. The van der Waals surface area contributed by atoms with Gasteiger partial charge in [-0.3, -0.25) is 4.79 Å². The summed E-state index contributed by atoms with van der Waals surface area (Å²) in [6.07, 6.45) is 91.8. The van der Waals surface area contributed by atoms with E-state index in [4.69, 9.17) is 9.47 Å². The largest absolute Gasteiger partial charge is 0.394 e. The van der Waals surface area contributed by atoms with Gasteiger partial charge in [-0.05, 0) is 44.9 Å². The van der Waals surface area contributed by atoms with Crippen molar-refractivity contribution in [2.75, 3.05) is 13.2 Å². The summed E-state index contributed by atoms with van der Waals surface area (Å²) in [6.45, 7) is 3.83. The van der Waals surface area contributed by atoms with E-state index in [1.54, 1.807) is 6.08 Å². The first-order valence-corrected chi connectivity index (χ1v) is 41.2. The number of aliphatic hydroxyl groups is 5. The average molecular weight is 1300 g/mol. The maximum absolute atomic E-state index is 13.2. The minimum Gasteiger partial charge on any atom is -0.394 e. The number of unbranched alkanes of at least 4 members (excludes halogenated alkanes) is 60. The molecule has 1 aliphatic rings. The molecule has 7 atom stereocenters. The zero-order valence-electron chi connectivity index (χ0n) is 61.3. The number of hydrogen-bond donors (Lipinski definition) is 6. The number of rotatable bonds is 74. The molecule has 0 saturated carbocycles. The molecular weight excluding hydrogens is 1140 g/mol. The van der Waals surface area contributed by atoms with E-state index in [0.29, 0.717) is 6.42 Å². The fraction of sp³-hybridized carbons (Fsp3) is 0.916. The smallest absolute Gasteiger partial charge is 0.220 e. The first kappa shape index (κ1) is 88.4. The maximum atomic E-state index is 13.2. The summed E-state index contributed by atoms with van der Waals surface area (Å²) in [5.41, 5.74) is 0. The van der Waals surface area contributed by atoms with E-state index >= 15 is 0 Å². The zero-order chi connectivity index (χ0) is 66.4. The highest BCUT2D eigenvalue weighted by Gasteiger charge is 2.44. The number of carbonyl (C=O) groups is 1. The van der Waals surface area contributed by atoms with Crippen molar-refractivity contribution in [1.82, 2.24) is 5.32 Å². The molecule has 1 amide bonds. The van der Waals surface area contributed by atoms with Crippen LogP contribution in [0.2, 0.25) is 0 Å². The molecule has 0 aromatic rings. The van der Waals surface area contributed by atoms with Crippen LogP contribution in [0.3, 0.4) is 0 Å². The molecule has 7 unspecified atom stereocenters. The monoisotopic (exact) mass is 1300 g/mol. The Morgan fingerprint density at radius 2 is 0.620 bits per heavy atom. The van der Waals surface area contributed by atoms with Crippen LogP contribution in [0, 0.1) is 0 Å². The Balaban J connectivity index is 2.05. The molecule has 1 aliphatic heterocycles. The highest BCUT2D eigenvalue weighted by Crippen LogP contribution is 2.24. The SMILES string of the molecule is CCCCCCCCCCCCCCCCCCCC/C=C/CC/C=C/CC/C=C/C(O)C(COC1OC(CO)C(O)C(O)C1O)NC(=O)CCCCCCCCCCCCCCCCCCCCCCCCCCCCCCCCCCCCCCCCCCC. The van der Waals surface area contributed by atoms with Gasteiger partial charge >= 0.3 is 0 Å². The van der Waals surface area contributed by atoms with Crippen molar-refractivity contribution in [1.29, 1.82) is 0 Å². The molecule has 9 nitrogen and oxygen atoms in total. The van der Waals surface area contributed by atoms with E-state index < -0.39 is 49.5 Å². The van der Waals surface area contributed by atoms with Crippen LogP contribution >= 0.6 is 0 Å². The topological polar surface area (TPSA) is 149 Å². The third-order valence-corrected chi connectivity index (χ3v) is 19.9. The van der Waals surface area contributed by atoms with E-state index in [-0.39, 0.29) is 12.5 Å². The summed E-state index contributed by atoms with van der Waals surface area (Å²) >= 11 is 0. The summed E-state index contributed by atoms with van der Waals surface area (Å²) in [5.74, 6) is -0.181. The molecule has 0 aromatic carbocycles. The van der Waals surface area contributed by atoms with E-state index in [1.165, 1.54) is 366 Å². The van der Waals surface area contributed by atoms with Gasteiger partial charge in [0, 0.05) is 6.42 Å². The van der Waals surface area contributed by atoms with Gasteiger partial charge in [0.25, 0.3) is 0 Å². The van der Waals surface area contributed by atoms with Gasteiger partial charge in [0.15, 0.2) is 6.29 Å². The lowest BCUT2D eigenvalue weighted by molar-refractivity contribution is -0.302. The number of carbonyl (C=O) groups excluding carboxylic acids is 1. The molecule has 6 N–H and O–H groups in total. The molecule has 1 heterocycles. The van der Waals surface area contributed by atoms with Gasteiger partial charge in [-0.25, -0.2) is 0 Å². The zero-order valence-corrected chi connectivity index (χ0v) is 61.3. The van der Waals surface area contributed by atoms with E-state index in [1.807, 2.05) is 6.08 Å². The molecular formula is C83H159NO8. The number of allylic oxidation sites excluding steroid dienone is 5. The number of hydrogen-bond acceptors (Lipinski definition) is 8. The fourth-order valence-electron chi connectivity index (χ4n) is 13.6. The summed E-state index contributed by atoms with van der Waals surface area (Å²) in [5, 5.41) is 54.9. The van der Waals surface area contributed by atoms with Crippen molar-refractivity contribution in [2.45, 2.75) is 474 Å². The Hall–Kier alpha value is -1.59. The van der Waals surface area contributed by atoms with Crippen LogP contribution in [0.15, 0.2) is 36.5 Å². The minimum atomic E-state index is -1.58. The molecule has 0 bridgehead atoms. The maximum Gasteiger partial charge on any atom is 0.220 e. The third-order valence-electron chi connectivity index (χ3n) is 19.9. The minimum absolute atomic E-state index is 0.181. The molecule has 1 fully saturated rings. The van der Waals surface area contributed by atoms with Gasteiger partial charge < -0.3 is 40.3 Å². The van der Waals surface area contributed by atoms with E-state index in [2.05, 4.69) is 43.5 Å². The van der Waals surface area contributed by atoms with Crippen LogP contribution < -0.4 is 5.32 Å². The van der Waals surface area contributed by atoms with Crippen molar-refractivity contribution in [3.8, 4) is 0 Å². The Morgan fingerprint density at radius 1 is 0.359 bits per heavy atom. The second kappa shape index (κ2) is 72.2. The lowest BCUT2D eigenvalue weighted by Gasteiger charge is -2.40. The number of amides is 1. The predicted octanol–water partition coefficient (Wildman–Crippen LogP) is 23.7. The Bertz CT molecular complexity index is 1550. The van der Waals surface area contributed by atoms with Crippen LogP contribution in [0.25, 0.3) is 0 Å². The van der Waals surface area contributed by atoms with Crippen molar-refractivity contribution in [3.63, 3.8) is 0 Å². The van der Waals surface area contributed by atoms with Crippen LogP contribution in [-0.4, -0.2) is 87.5 Å². The predicted molar refractivity (Wildman–Crippen MR) is 397 cm³/mol. The number of aliphatic hydroxyl groups excluding tert-OH is 5. The first-order chi connectivity index (χ1) is 45.3. The van der Waals surface area contributed by atoms with Crippen LogP contribution in [0.4, 0.5) is 0 Å². The highest BCUT2D eigenvalue weighted by molar-refractivity contribution is 5.76. The molecule has 1 rings (SSSR count). The third kappa shape index (κ3) is 59.7. The quantitative estimate of drug-likeness (QED) is 0.0261. The molecule has 9 heteroatoms. The first-order valence-electron chi connectivity index (χ1n) is 41.2. The molecule has 544 valence electrons. The van der Waals surface area contributed by atoms with Crippen molar-refractivity contribution >= 4 is 5.91 Å². The highest BCUT2D eigenvalue weighted by atomic mass is 16.7. The standard InChI is InChI=1S/C83H159NO8/c1-3-5-7-9-11-13-15-17-19-21-23-25-27-29-31-33-34-35-36-37-38-39-40-41-42-43-44-45-47-49-51-53-55-57-59-61-63-65-67-69-71-73-79(87)84-76(75-91-83-82(90)81(89)80(88)78(74-85)92-83)77(86)72-70-68-66-64-62-60-58-56-54-52-50-48-46-32-30-28-26-24-22-20-18-16-14-12-10-8-6-4-2/h54,56,62,64,70,72,76-78,80-83,85-86,88-90H,3-53,55,57-61,63,65-69,71,73-75H2,1-2H3,(H,84,87)/b56-54+,64-62+,72-70+. The van der Waals surface area contributed by atoms with Gasteiger partial charge in [-0.1, -0.05) is 416 Å². The molecule has 0 spiro atoms. The normalized spacial score (nSPS) is 17.8. The summed E-state index contributed by atoms with van der Waals surface area (Å²) in [6, 6.07) is -0.829. The summed E-state index contributed by atoms with van der Waals surface area (Å²) in [4.78, 5) is 13.2. The van der Waals surface area contributed by atoms with Crippen molar-refractivity contribution < 1.29 is 39.8 Å². The second-order valence-electron chi connectivity index (χ2n) is 28.9. The van der Waals surface area contributed by atoms with Crippen molar-refractivity contribution in [2.24, 2.45) is 0 Å². The Kier molecular flexibility index (Phi) is 69.4.